The molecule has 0 aromatic rings. The fraction of sp³-hybridized carbons (Fsp3) is 1.00. The average Bonchev–Trinajstić information content (AvgIpc) is 2.05. The molecule has 5 N–H and O–H groups in total. The lowest BCUT2D eigenvalue weighted by Crippen LogP contribution is -2.43. The summed E-state index contributed by atoms with van der Waals surface area (Å²) in [6, 6.07) is -0.432. The van der Waals surface area contributed by atoms with Gasteiger partial charge < -0.3 is 25.7 Å². The fourth-order valence-corrected chi connectivity index (χ4v) is 0.645. The highest BCUT2D eigenvalue weighted by atomic mass is 16.3. The summed E-state index contributed by atoms with van der Waals surface area (Å²) >= 11 is 0. The zero-order valence-corrected chi connectivity index (χ0v) is 7.14. The Kier molecular flexibility index (Phi) is 6.23. The summed E-state index contributed by atoms with van der Waals surface area (Å²) in [5.74, 6) is 0. The van der Waals surface area contributed by atoms with Crippen LogP contribution < -0.4 is 5.32 Å². The van der Waals surface area contributed by atoms with Crippen LogP contribution in [0.4, 0.5) is 0 Å². The SMILES string of the molecule is CC(O)C(O)CNC(CO)CO. The maximum Gasteiger partial charge on any atom is 0.0920 e. The van der Waals surface area contributed by atoms with Crippen LogP contribution in [0, 0.1) is 0 Å². The number of nitrogens with one attached hydrogen (secondary N) is 1. The first-order valence-electron chi connectivity index (χ1n) is 3.93. The molecule has 0 radical (unpaired) electrons. The van der Waals surface area contributed by atoms with E-state index in [2.05, 4.69) is 5.32 Å². The lowest BCUT2D eigenvalue weighted by molar-refractivity contribution is 0.0268. The second-order valence-electron chi connectivity index (χ2n) is 2.78. The van der Waals surface area contributed by atoms with Crippen molar-refractivity contribution >= 4 is 0 Å². The first kappa shape index (κ1) is 11.8. The zero-order valence-electron chi connectivity index (χ0n) is 7.14. The number of hydrogen-bond acceptors (Lipinski definition) is 5. The van der Waals surface area contributed by atoms with Crippen molar-refractivity contribution in [1.82, 2.24) is 5.32 Å². The van der Waals surface area contributed by atoms with E-state index in [1.165, 1.54) is 6.92 Å². The van der Waals surface area contributed by atoms with Crippen molar-refractivity contribution in [2.24, 2.45) is 0 Å². The van der Waals surface area contributed by atoms with E-state index < -0.39 is 18.2 Å². The van der Waals surface area contributed by atoms with E-state index in [1.807, 2.05) is 0 Å². The van der Waals surface area contributed by atoms with Gasteiger partial charge in [0.1, 0.15) is 0 Å². The van der Waals surface area contributed by atoms with Crippen LogP contribution >= 0.6 is 0 Å². The highest BCUT2D eigenvalue weighted by Crippen LogP contribution is 1.90. The molecule has 0 heterocycles. The van der Waals surface area contributed by atoms with Gasteiger partial charge in [-0.2, -0.15) is 0 Å². The van der Waals surface area contributed by atoms with Gasteiger partial charge in [-0.25, -0.2) is 0 Å². The summed E-state index contributed by atoms with van der Waals surface area (Å²) in [4.78, 5) is 0. The molecule has 0 saturated heterocycles. The van der Waals surface area contributed by atoms with E-state index in [4.69, 9.17) is 20.4 Å². The van der Waals surface area contributed by atoms with E-state index >= 15 is 0 Å². The molecule has 2 atom stereocenters. The second-order valence-corrected chi connectivity index (χ2v) is 2.78. The topological polar surface area (TPSA) is 93.0 Å². The number of hydrogen-bond donors (Lipinski definition) is 5. The Morgan fingerprint density at radius 3 is 2.00 bits per heavy atom. The van der Waals surface area contributed by atoms with Gasteiger partial charge in [0.25, 0.3) is 0 Å². The van der Waals surface area contributed by atoms with Gasteiger partial charge in [0.15, 0.2) is 0 Å². The molecule has 0 aliphatic heterocycles. The summed E-state index contributed by atoms with van der Waals surface area (Å²) in [5.41, 5.74) is 0. The normalized spacial score (nSPS) is 16.5. The standard InChI is InChI=1S/C7H17NO4/c1-5(11)7(12)2-8-6(3-9)4-10/h5-12H,2-4H2,1H3. The van der Waals surface area contributed by atoms with Crippen molar-refractivity contribution in [3.63, 3.8) is 0 Å². The lowest BCUT2D eigenvalue weighted by Gasteiger charge is -2.18. The monoisotopic (exact) mass is 179 g/mol. The van der Waals surface area contributed by atoms with Crippen LogP contribution in [-0.2, 0) is 0 Å². The Morgan fingerprint density at radius 2 is 1.67 bits per heavy atom. The van der Waals surface area contributed by atoms with E-state index in [-0.39, 0.29) is 19.8 Å². The molecule has 2 unspecified atom stereocenters. The molecule has 74 valence electrons. The van der Waals surface area contributed by atoms with Crippen LogP contribution in [0.15, 0.2) is 0 Å². The zero-order chi connectivity index (χ0) is 9.56. The smallest absolute Gasteiger partial charge is 0.0920 e. The van der Waals surface area contributed by atoms with Gasteiger partial charge in [-0.3, -0.25) is 0 Å². The largest absolute Gasteiger partial charge is 0.395 e. The second kappa shape index (κ2) is 6.33. The number of rotatable bonds is 6. The predicted molar refractivity (Wildman–Crippen MR) is 43.6 cm³/mol. The molecule has 0 fully saturated rings. The van der Waals surface area contributed by atoms with Gasteiger partial charge >= 0.3 is 0 Å². The molecule has 0 aliphatic rings. The average molecular weight is 179 g/mol. The highest BCUT2D eigenvalue weighted by molar-refractivity contribution is 4.70. The Morgan fingerprint density at radius 1 is 1.17 bits per heavy atom. The van der Waals surface area contributed by atoms with E-state index in [0.29, 0.717) is 0 Å². The molecule has 0 amide bonds. The quantitative estimate of drug-likeness (QED) is 0.315. The maximum atomic E-state index is 9.09. The van der Waals surface area contributed by atoms with Gasteiger partial charge in [0, 0.05) is 6.54 Å². The Balaban J connectivity index is 3.51. The van der Waals surface area contributed by atoms with Crippen LogP contribution in [0.1, 0.15) is 6.92 Å². The summed E-state index contributed by atoms with van der Waals surface area (Å²) in [5, 5.41) is 37.9. The first-order valence-corrected chi connectivity index (χ1v) is 3.93. The van der Waals surface area contributed by atoms with Crippen LogP contribution in [0.5, 0.6) is 0 Å². The van der Waals surface area contributed by atoms with Gasteiger partial charge in [-0.05, 0) is 6.92 Å². The molecular weight excluding hydrogens is 162 g/mol. The van der Waals surface area contributed by atoms with Crippen molar-refractivity contribution in [2.75, 3.05) is 19.8 Å². The third kappa shape index (κ3) is 4.63. The molecule has 12 heavy (non-hydrogen) atoms. The molecule has 5 nitrogen and oxygen atoms in total. The van der Waals surface area contributed by atoms with Gasteiger partial charge in [-0.1, -0.05) is 0 Å². The predicted octanol–water partition coefficient (Wildman–Crippen LogP) is -2.33. The third-order valence-corrected chi connectivity index (χ3v) is 1.61. The Hall–Kier alpha value is -0.200. The van der Waals surface area contributed by atoms with Crippen LogP contribution in [0.2, 0.25) is 0 Å². The minimum Gasteiger partial charge on any atom is -0.395 e. The molecule has 5 heteroatoms. The molecule has 0 bridgehead atoms. The third-order valence-electron chi connectivity index (χ3n) is 1.61. The van der Waals surface area contributed by atoms with Crippen molar-refractivity contribution in [1.29, 1.82) is 0 Å². The molecule has 0 aromatic heterocycles. The number of aliphatic hydroxyl groups excluding tert-OH is 4. The van der Waals surface area contributed by atoms with Crippen LogP contribution in [0.25, 0.3) is 0 Å². The minimum absolute atomic E-state index is 0.156. The van der Waals surface area contributed by atoms with Crippen LogP contribution in [0.3, 0.4) is 0 Å². The molecule has 0 aliphatic carbocycles. The summed E-state index contributed by atoms with van der Waals surface area (Å²) in [7, 11) is 0. The maximum absolute atomic E-state index is 9.09. The highest BCUT2D eigenvalue weighted by Gasteiger charge is 2.12. The van der Waals surface area contributed by atoms with E-state index in [1.54, 1.807) is 0 Å². The summed E-state index contributed by atoms with van der Waals surface area (Å²) in [6.07, 6.45) is -1.68. The van der Waals surface area contributed by atoms with Crippen molar-refractivity contribution in [2.45, 2.75) is 25.2 Å². The van der Waals surface area contributed by atoms with Crippen molar-refractivity contribution in [3.05, 3.63) is 0 Å². The fourth-order valence-electron chi connectivity index (χ4n) is 0.645. The molecule has 0 saturated carbocycles. The van der Waals surface area contributed by atoms with Crippen LogP contribution in [-0.4, -0.2) is 58.4 Å². The van der Waals surface area contributed by atoms with E-state index in [0.717, 1.165) is 0 Å². The van der Waals surface area contributed by atoms with Crippen molar-refractivity contribution < 1.29 is 20.4 Å². The Bertz CT molecular complexity index is 104. The van der Waals surface area contributed by atoms with E-state index in [9.17, 15) is 0 Å². The molecule has 0 rings (SSSR count). The molecular formula is C7H17NO4. The van der Waals surface area contributed by atoms with Crippen molar-refractivity contribution in [3.8, 4) is 0 Å². The van der Waals surface area contributed by atoms with Gasteiger partial charge in [-0.15, -0.1) is 0 Å². The summed E-state index contributed by atoms with van der Waals surface area (Å²) < 4.78 is 0. The van der Waals surface area contributed by atoms with Gasteiger partial charge in [0.2, 0.25) is 0 Å². The Labute approximate surface area is 71.7 Å². The molecule has 0 spiro atoms. The van der Waals surface area contributed by atoms with Gasteiger partial charge in [0.05, 0.1) is 31.5 Å². The summed E-state index contributed by atoms with van der Waals surface area (Å²) in [6.45, 7) is 1.24. The first-order chi connectivity index (χ1) is 5.61. The minimum atomic E-state index is -0.870. The number of aliphatic hydroxyl groups is 4. The lowest BCUT2D eigenvalue weighted by atomic mass is 10.2. The molecule has 0 aromatic carbocycles.